The Labute approximate surface area is 133 Å². The average molecular weight is 441 g/mol. The maximum atomic E-state index is 11.7. The molecule has 7 heteroatoms. The van der Waals surface area contributed by atoms with E-state index in [1.165, 1.54) is 0 Å². The van der Waals surface area contributed by atoms with Gasteiger partial charge in [0, 0.05) is 14.1 Å². The second-order valence-electron chi connectivity index (χ2n) is 4.14. The number of rotatable bonds is 4. The second-order valence-corrected chi connectivity index (χ2v) is 6.24. The Morgan fingerprint density at radius 2 is 2.00 bits per heavy atom. The van der Waals surface area contributed by atoms with Crippen molar-refractivity contribution in [3.8, 4) is 0 Å². The molecule has 0 aliphatic heterocycles. The lowest BCUT2D eigenvalue weighted by Crippen LogP contribution is -2.42. The third-order valence-electron chi connectivity index (χ3n) is 2.68. The predicted molar refractivity (Wildman–Crippen MR) is 85.3 cm³/mol. The molecule has 2 atom stereocenters. The number of nitrogens with one attached hydrogen (secondary N) is 2. The van der Waals surface area contributed by atoms with E-state index in [1.807, 2.05) is 12.1 Å². The number of benzene rings is 1. The summed E-state index contributed by atoms with van der Waals surface area (Å²) in [6, 6.07) is 4.63. The van der Waals surface area contributed by atoms with Gasteiger partial charge >= 0.3 is 12.0 Å². The fourth-order valence-corrected chi connectivity index (χ4v) is 2.69. The molecule has 0 aliphatic rings. The Hall–Kier alpha value is -0.830. The van der Waals surface area contributed by atoms with Crippen molar-refractivity contribution in [2.45, 2.75) is 19.9 Å². The molecule has 0 radical (unpaired) electrons. The number of aliphatic carboxylic acids is 1. The summed E-state index contributed by atoms with van der Waals surface area (Å²) < 4.78 is 1.82. The standard InChI is InChI=1S/C12H14BrIN2O3/c1-6(11(17)18)7(2)15-12(19)16-10-4-3-8(14)5-9(10)13/h3-7H,1-2H3,(H,17,18)(H2,15,16,19). The molecule has 0 bridgehead atoms. The van der Waals surface area contributed by atoms with E-state index in [9.17, 15) is 9.59 Å². The van der Waals surface area contributed by atoms with Crippen LogP contribution in [0.15, 0.2) is 22.7 Å². The number of carbonyl (C=O) groups excluding carboxylic acids is 1. The van der Waals surface area contributed by atoms with Gasteiger partial charge in [0.1, 0.15) is 0 Å². The molecule has 2 unspecified atom stereocenters. The largest absolute Gasteiger partial charge is 0.481 e. The molecule has 0 saturated carbocycles. The monoisotopic (exact) mass is 440 g/mol. The van der Waals surface area contributed by atoms with Crippen LogP contribution >= 0.6 is 38.5 Å². The zero-order chi connectivity index (χ0) is 14.6. The maximum Gasteiger partial charge on any atom is 0.319 e. The highest BCUT2D eigenvalue weighted by atomic mass is 127. The van der Waals surface area contributed by atoms with Crippen molar-refractivity contribution in [3.63, 3.8) is 0 Å². The summed E-state index contributed by atoms with van der Waals surface area (Å²) in [6.45, 7) is 3.20. The maximum absolute atomic E-state index is 11.7. The highest BCUT2D eigenvalue weighted by Gasteiger charge is 2.21. The summed E-state index contributed by atoms with van der Waals surface area (Å²) in [6.07, 6.45) is 0. The van der Waals surface area contributed by atoms with Crippen LogP contribution in [0.5, 0.6) is 0 Å². The van der Waals surface area contributed by atoms with E-state index in [0.717, 1.165) is 8.04 Å². The Morgan fingerprint density at radius 3 is 2.53 bits per heavy atom. The minimum Gasteiger partial charge on any atom is -0.481 e. The van der Waals surface area contributed by atoms with E-state index in [2.05, 4.69) is 49.2 Å². The van der Waals surface area contributed by atoms with Crippen LogP contribution < -0.4 is 10.6 Å². The van der Waals surface area contributed by atoms with Gasteiger partial charge in [-0.25, -0.2) is 4.79 Å². The van der Waals surface area contributed by atoms with Crippen molar-refractivity contribution in [1.82, 2.24) is 5.32 Å². The Balaban J connectivity index is 2.63. The number of carbonyl (C=O) groups is 2. The van der Waals surface area contributed by atoms with E-state index in [1.54, 1.807) is 19.9 Å². The lowest BCUT2D eigenvalue weighted by atomic mass is 10.0. The lowest BCUT2D eigenvalue weighted by molar-refractivity contribution is -0.141. The molecular weight excluding hydrogens is 427 g/mol. The van der Waals surface area contributed by atoms with Crippen molar-refractivity contribution in [3.05, 3.63) is 26.2 Å². The van der Waals surface area contributed by atoms with Gasteiger partial charge in [0.2, 0.25) is 0 Å². The topological polar surface area (TPSA) is 78.4 Å². The van der Waals surface area contributed by atoms with E-state index >= 15 is 0 Å². The SMILES string of the molecule is CC(NC(=O)Nc1ccc(I)cc1Br)C(C)C(=O)O. The van der Waals surface area contributed by atoms with Gasteiger partial charge in [-0.05, 0) is 70.6 Å². The molecule has 1 aromatic carbocycles. The van der Waals surface area contributed by atoms with Crippen molar-refractivity contribution < 1.29 is 14.7 Å². The zero-order valence-corrected chi connectivity index (χ0v) is 14.1. The molecule has 19 heavy (non-hydrogen) atoms. The number of hydrogen-bond acceptors (Lipinski definition) is 2. The number of urea groups is 1. The van der Waals surface area contributed by atoms with Gasteiger partial charge in [0.15, 0.2) is 0 Å². The predicted octanol–water partition coefficient (Wildman–Crippen LogP) is 3.28. The van der Waals surface area contributed by atoms with Gasteiger partial charge < -0.3 is 15.7 Å². The molecule has 1 aromatic rings. The molecule has 0 saturated heterocycles. The Kier molecular flexibility index (Phi) is 6.05. The number of amides is 2. The van der Waals surface area contributed by atoms with Gasteiger partial charge in [0.05, 0.1) is 11.6 Å². The molecular formula is C12H14BrIN2O3. The molecule has 3 N–H and O–H groups in total. The normalized spacial score (nSPS) is 13.5. The molecule has 0 aromatic heterocycles. The first kappa shape index (κ1) is 16.2. The first-order chi connectivity index (χ1) is 8.81. The average Bonchev–Trinajstić information content (AvgIpc) is 2.31. The first-order valence-corrected chi connectivity index (χ1v) is 7.43. The second kappa shape index (κ2) is 7.09. The molecule has 2 amide bonds. The van der Waals surface area contributed by atoms with Crippen LogP contribution in [0.1, 0.15) is 13.8 Å². The molecule has 0 heterocycles. The van der Waals surface area contributed by atoms with Crippen LogP contribution in [0, 0.1) is 9.49 Å². The zero-order valence-electron chi connectivity index (χ0n) is 10.4. The van der Waals surface area contributed by atoms with Gasteiger partial charge in [-0.2, -0.15) is 0 Å². The van der Waals surface area contributed by atoms with E-state index in [-0.39, 0.29) is 0 Å². The van der Waals surface area contributed by atoms with Gasteiger partial charge in [-0.1, -0.05) is 0 Å². The van der Waals surface area contributed by atoms with Crippen LogP contribution in [-0.4, -0.2) is 23.1 Å². The molecule has 5 nitrogen and oxygen atoms in total. The number of hydrogen-bond donors (Lipinski definition) is 3. The minimum absolute atomic E-state index is 0.428. The number of carboxylic acid groups (broad SMARTS) is 1. The Bertz CT molecular complexity index is 496. The van der Waals surface area contributed by atoms with Gasteiger partial charge in [-0.15, -0.1) is 0 Å². The van der Waals surface area contributed by atoms with Crippen LogP contribution in [-0.2, 0) is 4.79 Å². The van der Waals surface area contributed by atoms with Crippen molar-refractivity contribution in [2.24, 2.45) is 5.92 Å². The van der Waals surface area contributed by atoms with Crippen molar-refractivity contribution in [1.29, 1.82) is 0 Å². The van der Waals surface area contributed by atoms with Crippen LogP contribution in [0.4, 0.5) is 10.5 Å². The van der Waals surface area contributed by atoms with Crippen LogP contribution in [0.2, 0.25) is 0 Å². The van der Waals surface area contributed by atoms with Crippen molar-refractivity contribution in [2.75, 3.05) is 5.32 Å². The molecule has 0 spiro atoms. The number of halogens is 2. The van der Waals surface area contributed by atoms with Gasteiger partial charge in [-0.3, -0.25) is 4.79 Å². The van der Waals surface area contributed by atoms with E-state index in [4.69, 9.17) is 5.11 Å². The summed E-state index contributed by atoms with van der Waals surface area (Å²) in [5, 5.41) is 14.1. The van der Waals surface area contributed by atoms with Crippen molar-refractivity contribution >= 4 is 56.2 Å². The molecule has 0 aliphatic carbocycles. The highest BCUT2D eigenvalue weighted by Crippen LogP contribution is 2.24. The Morgan fingerprint density at radius 1 is 1.37 bits per heavy atom. The van der Waals surface area contributed by atoms with Gasteiger partial charge in [0.25, 0.3) is 0 Å². The number of carboxylic acids is 1. The molecule has 0 fully saturated rings. The van der Waals surface area contributed by atoms with E-state index < -0.39 is 24.0 Å². The first-order valence-electron chi connectivity index (χ1n) is 5.56. The lowest BCUT2D eigenvalue weighted by Gasteiger charge is -2.18. The summed E-state index contributed by atoms with van der Waals surface area (Å²) in [5.41, 5.74) is 0.632. The smallest absolute Gasteiger partial charge is 0.319 e. The fraction of sp³-hybridized carbons (Fsp3) is 0.333. The van der Waals surface area contributed by atoms with E-state index in [0.29, 0.717) is 5.69 Å². The third kappa shape index (κ3) is 4.98. The van der Waals surface area contributed by atoms with Crippen LogP contribution in [0.3, 0.4) is 0 Å². The third-order valence-corrected chi connectivity index (χ3v) is 4.00. The summed E-state index contributed by atoms with van der Waals surface area (Å²) in [7, 11) is 0. The summed E-state index contributed by atoms with van der Waals surface area (Å²) in [5.74, 6) is -1.59. The summed E-state index contributed by atoms with van der Waals surface area (Å²) >= 11 is 5.52. The fourth-order valence-electron chi connectivity index (χ4n) is 1.29. The molecule has 104 valence electrons. The molecule has 1 rings (SSSR count). The quantitative estimate of drug-likeness (QED) is 0.628. The number of anilines is 1. The summed E-state index contributed by atoms with van der Waals surface area (Å²) in [4.78, 5) is 22.5. The minimum atomic E-state index is -0.941. The highest BCUT2D eigenvalue weighted by molar-refractivity contribution is 14.1. The van der Waals surface area contributed by atoms with Crippen LogP contribution in [0.25, 0.3) is 0 Å².